The van der Waals surface area contributed by atoms with Gasteiger partial charge in [0.2, 0.25) is 5.91 Å². The highest BCUT2D eigenvalue weighted by molar-refractivity contribution is 6.31. The summed E-state index contributed by atoms with van der Waals surface area (Å²) in [7, 11) is 0. The van der Waals surface area contributed by atoms with Crippen molar-refractivity contribution in [3.63, 3.8) is 0 Å². The van der Waals surface area contributed by atoms with Crippen molar-refractivity contribution in [2.24, 2.45) is 5.92 Å². The van der Waals surface area contributed by atoms with Crippen LogP contribution in [-0.4, -0.2) is 22.2 Å². The molecule has 0 aromatic carbocycles. The zero-order valence-corrected chi connectivity index (χ0v) is 11.0. The monoisotopic (exact) mass is 255 g/mol. The maximum Gasteiger partial charge on any atom is 0.241 e. The third-order valence-corrected chi connectivity index (χ3v) is 3.95. The third kappa shape index (κ3) is 2.80. The largest absolute Gasteiger partial charge is 0.354 e. The Morgan fingerprint density at radius 2 is 2.24 bits per heavy atom. The van der Waals surface area contributed by atoms with Crippen molar-refractivity contribution in [3.05, 3.63) is 16.4 Å². The van der Waals surface area contributed by atoms with E-state index in [0.717, 1.165) is 17.9 Å². The van der Waals surface area contributed by atoms with Gasteiger partial charge in [0.1, 0.15) is 6.54 Å². The highest BCUT2D eigenvalue weighted by Gasteiger charge is 2.18. The van der Waals surface area contributed by atoms with Crippen molar-refractivity contribution < 1.29 is 4.79 Å². The fraction of sp³-hybridized carbons (Fsp3) is 0.667. The van der Waals surface area contributed by atoms with Crippen LogP contribution in [0.3, 0.4) is 0 Å². The topological polar surface area (TPSA) is 46.9 Å². The van der Waals surface area contributed by atoms with Crippen LogP contribution in [0, 0.1) is 19.8 Å². The van der Waals surface area contributed by atoms with E-state index in [-0.39, 0.29) is 12.5 Å². The second-order valence-electron chi connectivity index (χ2n) is 4.74. The van der Waals surface area contributed by atoms with Crippen molar-refractivity contribution in [3.8, 4) is 0 Å². The molecule has 0 bridgehead atoms. The lowest BCUT2D eigenvalue weighted by atomic mass is 9.85. The fourth-order valence-electron chi connectivity index (χ4n) is 1.98. The summed E-state index contributed by atoms with van der Waals surface area (Å²) >= 11 is 6.03. The number of carbonyl (C=O) groups is 1. The summed E-state index contributed by atoms with van der Waals surface area (Å²) in [5, 5.41) is 7.83. The summed E-state index contributed by atoms with van der Waals surface area (Å²) in [6, 6.07) is 0. The smallest absolute Gasteiger partial charge is 0.241 e. The summed E-state index contributed by atoms with van der Waals surface area (Å²) < 4.78 is 1.66. The molecular weight excluding hydrogens is 238 g/mol. The van der Waals surface area contributed by atoms with Gasteiger partial charge in [0.15, 0.2) is 0 Å². The SMILES string of the molecule is Cc1nn(CC(=O)NCC2CCC2)c(C)c1Cl. The lowest BCUT2D eigenvalue weighted by Crippen LogP contribution is -2.34. The Hall–Kier alpha value is -1.03. The Labute approximate surface area is 106 Å². The van der Waals surface area contributed by atoms with Gasteiger partial charge in [0.05, 0.1) is 16.4 Å². The fourth-order valence-corrected chi connectivity index (χ4v) is 2.11. The molecule has 0 spiro atoms. The van der Waals surface area contributed by atoms with Crippen LogP contribution < -0.4 is 5.32 Å². The number of hydrogen-bond donors (Lipinski definition) is 1. The molecule has 0 unspecified atom stereocenters. The van der Waals surface area contributed by atoms with E-state index in [0.29, 0.717) is 10.9 Å². The summed E-state index contributed by atoms with van der Waals surface area (Å²) in [5.41, 5.74) is 1.62. The van der Waals surface area contributed by atoms with Gasteiger partial charge >= 0.3 is 0 Å². The number of nitrogens with one attached hydrogen (secondary N) is 1. The number of carbonyl (C=O) groups excluding carboxylic acids is 1. The number of nitrogens with zero attached hydrogens (tertiary/aromatic N) is 2. The van der Waals surface area contributed by atoms with Gasteiger partial charge in [0.25, 0.3) is 0 Å². The van der Waals surface area contributed by atoms with Crippen molar-refractivity contribution in [2.75, 3.05) is 6.54 Å². The van der Waals surface area contributed by atoms with Crippen LogP contribution in [0.15, 0.2) is 0 Å². The van der Waals surface area contributed by atoms with Crippen molar-refractivity contribution in [1.29, 1.82) is 0 Å². The standard InChI is InChI=1S/C12H18ClN3O/c1-8-12(13)9(2)16(15-8)7-11(17)14-6-10-4-3-5-10/h10H,3-7H2,1-2H3,(H,14,17). The maximum absolute atomic E-state index is 11.7. The van der Waals surface area contributed by atoms with Crippen molar-refractivity contribution >= 4 is 17.5 Å². The number of hydrogen-bond acceptors (Lipinski definition) is 2. The van der Waals surface area contributed by atoms with Crippen molar-refractivity contribution in [1.82, 2.24) is 15.1 Å². The molecule has 1 aliphatic rings. The number of amides is 1. The first-order valence-corrected chi connectivity index (χ1v) is 6.42. The van der Waals surface area contributed by atoms with Gasteiger partial charge in [-0.1, -0.05) is 18.0 Å². The molecule has 1 N–H and O–H groups in total. The lowest BCUT2D eigenvalue weighted by Gasteiger charge is -2.25. The number of aryl methyl sites for hydroxylation is 1. The Morgan fingerprint density at radius 3 is 2.71 bits per heavy atom. The predicted octanol–water partition coefficient (Wildman–Crippen LogP) is 2.07. The molecule has 4 nitrogen and oxygen atoms in total. The average molecular weight is 256 g/mol. The first kappa shape index (κ1) is 12.4. The molecule has 1 amide bonds. The van der Waals surface area contributed by atoms with E-state index in [1.807, 2.05) is 13.8 Å². The highest BCUT2D eigenvalue weighted by atomic mass is 35.5. The number of rotatable bonds is 4. The van der Waals surface area contributed by atoms with E-state index in [2.05, 4.69) is 10.4 Å². The molecule has 0 radical (unpaired) electrons. The molecule has 0 atom stereocenters. The van der Waals surface area contributed by atoms with Gasteiger partial charge < -0.3 is 5.32 Å². The molecule has 0 saturated heterocycles. The molecule has 1 heterocycles. The minimum absolute atomic E-state index is 0.0131. The molecular formula is C12H18ClN3O. The predicted molar refractivity (Wildman–Crippen MR) is 67.1 cm³/mol. The Kier molecular flexibility index (Phi) is 3.72. The number of halogens is 1. The zero-order chi connectivity index (χ0) is 12.4. The van der Waals surface area contributed by atoms with E-state index in [1.165, 1.54) is 19.3 Å². The molecule has 1 aromatic rings. The Morgan fingerprint density at radius 1 is 1.53 bits per heavy atom. The van der Waals surface area contributed by atoms with Crippen LogP contribution >= 0.6 is 11.6 Å². The van der Waals surface area contributed by atoms with Gasteiger partial charge in [-0.15, -0.1) is 0 Å². The molecule has 0 aliphatic heterocycles. The average Bonchev–Trinajstić information content (AvgIpc) is 2.44. The molecule has 2 rings (SSSR count). The van der Waals surface area contributed by atoms with Crippen LogP contribution in [0.25, 0.3) is 0 Å². The normalized spacial score (nSPS) is 15.7. The van der Waals surface area contributed by atoms with Crippen LogP contribution in [0.1, 0.15) is 30.7 Å². The van der Waals surface area contributed by atoms with E-state index in [1.54, 1.807) is 4.68 Å². The summed E-state index contributed by atoms with van der Waals surface area (Å²) in [5.74, 6) is 0.696. The van der Waals surface area contributed by atoms with Crippen LogP contribution in [0.5, 0.6) is 0 Å². The minimum Gasteiger partial charge on any atom is -0.354 e. The van der Waals surface area contributed by atoms with E-state index in [9.17, 15) is 4.79 Å². The van der Waals surface area contributed by atoms with Crippen molar-refractivity contribution in [2.45, 2.75) is 39.7 Å². The molecule has 17 heavy (non-hydrogen) atoms. The van der Waals surface area contributed by atoms with E-state index < -0.39 is 0 Å². The zero-order valence-electron chi connectivity index (χ0n) is 10.3. The molecule has 1 fully saturated rings. The Bertz CT molecular complexity index is 424. The molecule has 1 aromatic heterocycles. The van der Waals surface area contributed by atoms with Crippen LogP contribution in [0.4, 0.5) is 0 Å². The summed E-state index contributed by atoms with van der Waals surface area (Å²) in [4.78, 5) is 11.7. The third-order valence-electron chi connectivity index (χ3n) is 3.40. The van der Waals surface area contributed by atoms with Gasteiger partial charge in [-0.05, 0) is 32.6 Å². The summed E-state index contributed by atoms with van der Waals surface area (Å²) in [6.07, 6.45) is 3.78. The quantitative estimate of drug-likeness (QED) is 0.895. The first-order valence-electron chi connectivity index (χ1n) is 6.04. The van der Waals surface area contributed by atoms with Gasteiger partial charge in [0, 0.05) is 6.54 Å². The van der Waals surface area contributed by atoms with Crippen LogP contribution in [0.2, 0.25) is 5.02 Å². The van der Waals surface area contributed by atoms with Gasteiger partial charge in [-0.2, -0.15) is 5.10 Å². The minimum atomic E-state index is 0.0131. The molecule has 1 aliphatic carbocycles. The highest BCUT2D eigenvalue weighted by Crippen LogP contribution is 2.25. The van der Waals surface area contributed by atoms with Gasteiger partial charge in [-0.25, -0.2) is 0 Å². The lowest BCUT2D eigenvalue weighted by molar-refractivity contribution is -0.122. The second-order valence-corrected chi connectivity index (χ2v) is 5.12. The van der Waals surface area contributed by atoms with E-state index >= 15 is 0 Å². The first-order chi connectivity index (χ1) is 8.08. The second kappa shape index (κ2) is 5.08. The van der Waals surface area contributed by atoms with Gasteiger partial charge in [-0.3, -0.25) is 9.48 Å². The number of aromatic nitrogens is 2. The maximum atomic E-state index is 11.7. The molecule has 5 heteroatoms. The molecule has 1 saturated carbocycles. The Balaban J connectivity index is 1.86. The molecule has 94 valence electrons. The van der Waals surface area contributed by atoms with Crippen LogP contribution in [-0.2, 0) is 11.3 Å². The van der Waals surface area contributed by atoms with E-state index in [4.69, 9.17) is 11.6 Å². The summed E-state index contributed by atoms with van der Waals surface area (Å²) in [6.45, 7) is 4.78.